The van der Waals surface area contributed by atoms with Gasteiger partial charge in [-0.25, -0.2) is 14.5 Å². The molecule has 3 amide bonds. The molecule has 1 aliphatic rings. The number of aromatic nitrogens is 4. The van der Waals surface area contributed by atoms with E-state index in [9.17, 15) is 14.4 Å². The lowest BCUT2D eigenvalue weighted by atomic mass is 10.0. The van der Waals surface area contributed by atoms with Crippen molar-refractivity contribution in [2.45, 2.75) is 19.4 Å². The van der Waals surface area contributed by atoms with E-state index in [-0.39, 0.29) is 46.7 Å². The molecule has 0 radical (unpaired) electrons. The third-order valence-corrected chi connectivity index (χ3v) is 7.13. The van der Waals surface area contributed by atoms with E-state index in [2.05, 4.69) is 15.4 Å². The Kier molecular flexibility index (Phi) is 6.80. The van der Waals surface area contributed by atoms with Crippen LogP contribution in [0.25, 0.3) is 4.96 Å². The third kappa shape index (κ3) is 4.58. The number of hydrogen-bond acceptors (Lipinski definition) is 9. The number of hydrogen-bond donors (Lipinski definition) is 1. The van der Waals surface area contributed by atoms with E-state index in [4.69, 9.17) is 25.7 Å². The van der Waals surface area contributed by atoms with Gasteiger partial charge in [-0.1, -0.05) is 22.9 Å². The lowest BCUT2D eigenvalue weighted by Crippen LogP contribution is -2.43. The summed E-state index contributed by atoms with van der Waals surface area (Å²) in [5, 5.41) is 7.91. The summed E-state index contributed by atoms with van der Waals surface area (Å²) in [7, 11) is 4.73. The Morgan fingerprint density at radius 1 is 1.24 bits per heavy atom. The Morgan fingerprint density at radius 2 is 2.03 bits per heavy atom. The monoisotopic (exact) mass is 557 g/mol. The molecule has 38 heavy (non-hydrogen) atoms. The molecule has 1 N–H and O–H groups in total. The van der Waals surface area contributed by atoms with Crippen molar-refractivity contribution >= 4 is 45.6 Å². The summed E-state index contributed by atoms with van der Waals surface area (Å²) in [6, 6.07) is 5.55. The maximum atomic E-state index is 13.5. The fraction of sp³-hybridized carbons (Fsp3) is 0.333. The minimum atomic E-state index is -0.682. The normalized spacial score (nSPS) is 14.9. The average Bonchev–Trinajstić information content (AvgIpc) is 3.60. The molecule has 0 aromatic carbocycles. The van der Waals surface area contributed by atoms with Crippen LogP contribution in [0.2, 0.25) is 5.15 Å². The van der Waals surface area contributed by atoms with E-state index in [1.165, 1.54) is 35.4 Å². The first kappa shape index (κ1) is 25.7. The van der Waals surface area contributed by atoms with Crippen LogP contribution in [0, 0.1) is 6.92 Å². The number of furan rings is 1. The second-order valence-corrected chi connectivity index (χ2v) is 10.3. The Bertz CT molecular complexity index is 1560. The van der Waals surface area contributed by atoms with Crippen LogP contribution in [-0.4, -0.2) is 81.4 Å². The van der Waals surface area contributed by atoms with Gasteiger partial charge in [0, 0.05) is 34.1 Å². The predicted molar refractivity (Wildman–Crippen MR) is 138 cm³/mol. The first-order valence-corrected chi connectivity index (χ1v) is 12.8. The molecule has 1 unspecified atom stereocenters. The minimum Gasteiger partial charge on any atom is -0.481 e. The molecule has 0 spiro atoms. The summed E-state index contributed by atoms with van der Waals surface area (Å²) in [5.41, 5.74) is 1.67. The molecule has 0 bridgehead atoms. The van der Waals surface area contributed by atoms with E-state index < -0.39 is 6.04 Å². The first-order valence-electron chi connectivity index (χ1n) is 11.6. The number of aryl methyl sites for hydroxylation is 1. The zero-order valence-electron chi connectivity index (χ0n) is 21.0. The van der Waals surface area contributed by atoms with Gasteiger partial charge in [-0.3, -0.25) is 14.4 Å². The molecule has 0 aliphatic carbocycles. The molecule has 12 nitrogen and oxygen atoms in total. The van der Waals surface area contributed by atoms with Crippen molar-refractivity contribution in [3.05, 3.63) is 63.0 Å². The highest BCUT2D eigenvalue weighted by Gasteiger charge is 2.39. The Labute approximate surface area is 226 Å². The van der Waals surface area contributed by atoms with Gasteiger partial charge in [-0.15, -0.1) is 0 Å². The van der Waals surface area contributed by atoms with Gasteiger partial charge in [-0.05, 0) is 31.2 Å². The molecule has 14 heteroatoms. The number of fused-ring (bicyclic) bond motifs is 3. The number of carbonyl (C=O) groups excluding carboxylic acids is 3. The summed E-state index contributed by atoms with van der Waals surface area (Å²) < 4.78 is 13.3. The van der Waals surface area contributed by atoms with Crippen molar-refractivity contribution in [3.8, 4) is 5.75 Å². The first-order chi connectivity index (χ1) is 18.2. The summed E-state index contributed by atoms with van der Waals surface area (Å²) in [4.78, 5) is 50.3. The molecular formula is C24H24ClN7O5S. The number of ether oxygens (including phenoxy) is 1. The van der Waals surface area contributed by atoms with Crippen molar-refractivity contribution in [2.24, 2.45) is 0 Å². The maximum Gasteiger partial charge on any atom is 0.286 e. The quantitative estimate of drug-likeness (QED) is 0.357. The number of imidazole rings is 1. The highest BCUT2D eigenvalue weighted by molar-refractivity contribution is 7.16. The number of nitrogens with zero attached hydrogens (tertiary/aromatic N) is 6. The topological polar surface area (TPSA) is 135 Å². The van der Waals surface area contributed by atoms with E-state index in [0.717, 1.165) is 10.7 Å². The second-order valence-electron chi connectivity index (χ2n) is 8.75. The van der Waals surface area contributed by atoms with Gasteiger partial charge in [0.25, 0.3) is 17.7 Å². The maximum absolute atomic E-state index is 13.5. The van der Waals surface area contributed by atoms with E-state index >= 15 is 0 Å². The fourth-order valence-corrected chi connectivity index (χ4v) is 5.24. The number of carbonyl (C=O) groups is 3. The van der Waals surface area contributed by atoms with Gasteiger partial charge in [0.1, 0.15) is 22.5 Å². The van der Waals surface area contributed by atoms with Gasteiger partial charge >= 0.3 is 0 Å². The lowest BCUT2D eigenvalue weighted by Gasteiger charge is -2.34. The number of nitrogens with one attached hydrogen (secondary N) is 1. The van der Waals surface area contributed by atoms with Crippen molar-refractivity contribution < 1.29 is 23.5 Å². The molecule has 0 saturated carbocycles. The molecule has 0 fully saturated rings. The number of halogens is 1. The summed E-state index contributed by atoms with van der Waals surface area (Å²) in [6.07, 6.45) is 0.513. The summed E-state index contributed by atoms with van der Waals surface area (Å²) in [6.45, 7) is 1.89. The van der Waals surface area contributed by atoms with Crippen molar-refractivity contribution in [1.29, 1.82) is 0 Å². The zero-order valence-corrected chi connectivity index (χ0v) is 22.6. The molecule has 5 rings (SSSR count). The largest absolute Gasteiger partial charge is 0.481 e. The van der Waals surface area contributed by atoms with E-state index in [1.54, 1.807) is 35.6 Å². The molecule has 5 heterocycles. The summed E-state index contributed by atoms with van der Waals surface area (Å²) >= 11 is 7.68. The lowest BCUT2D eigenvalue weighted by molar-refractivity contribution is -0.136. The zero-order chi connectivity index (χ0) is 27.1. The predicted octanol–water partition coefficient (Wildman–Crippen LogP) is 2.36. The van der Waals surface area contributed by atoms with Crippen LogP contribution in [-0.2, 0) is 11.2 Å². The minimum absolute atomic E-state index is 0.0281. The van der Waals surface area contributed by atoms with Crippen molar-refractivity contribution in [3.63, 3.8) is 0 Å². The molecule has 1 atom stereocenters. The third-order valence-electron chi connectivity index (χ3n) is 6.03. The average molecular weight is 558 g/mol. The van der Waals surface area contributed by atoms with Gasteiger partial charge in [0.05, 0.1) is 11.4 Å². The van der Waals surface area contributed by atoms with Crippen LogP contribution in [0.4, 0.5) is 0 Å². The molecule has 0 saturated heterocycles. The number of pyridine rings is 1. The Balaban J connectivity index is 1.44. The van der Waals surface area contributed by atoms with Crippen LogP contribution in [0.5, 0.6) is 5.75 Å². The number of amides is 3. The van der Waals surface area contributed by atoms with Gasteiger partial charge < -0.3 is 24.3 Å². The van der Waals surface area contributed by atoms with E-state index in [1.807, 2.05) is 6.92 Å². The molecule has 4 aromatic rings. The smallest absolute Gasteiger partial charge is 0.286 e. The van der Waals surface area contributed by atoms with Crippen molar-refractivity contribution in [1.82, 2.24) is 34.7 Å². The fourth-order valence-electron chi connectivity index (χ4n) is 4.26. The van der Waals surface area contributed by atoms with Crippen LogP contribution in [0.3, 0.4) is 0 Å². The summed E-state index contributed by atoms with van der Waals surface area (Å²) in [5.74, 6) is -0.332. The molecule has 198 valence electrons. The van der Waals surface area contributed by atoms with Gasteiger partial charge in [0.2, 0.25) is 4.96 Å². The highest BCUT2D eigenvalue weighted by Crippen LogP contribution is 2.37. The van der Waals surface area contributed by atoms with Crippen LogP contribution in [0.15, 0.2) is 28.7 Å². The number of rotatable bonds is 6. The van der Waals surface area contributed by atoms with Crippen molar-refractivity contribution in [2.75, 3.05) is 34.3 Å². The van der Waals surface area contributed by atoms with Gasteiger partial charge in [0.15, 0.2) is 23.3 Å². The molecular weight excluding hydrogens is 534 g/mol. The Hall–Kier alpha value is -3.97. The standard InChI is InChI=1S/C24H24ClN7O5S/c1-12-29-32-19-13(28-24(32)38-12)9-10-31(20(19)15-7-8-17(37-15)22(34)26-2)18(33)11-36-16-6-5-14(27-21(16)25)23(35)30(3)4/h5-8,20H,9-11H2,1-4H3,(H,26,34). The van der Waals surface area contributed by atoms with Gasteiger partial charge in [-0.2, -0.15) is 5.10 Å². The van der Waals surface area contributed by atoms with E-state index in [0.29, 0.717) is 29.4 Å². The van der Waals surface area contributed by atoms with Crippen LogP contribution in [0.1, 0.15) is 49.2 Å². The van der Waals surface area contributed by atoms with Crippen LogP contribution >= 0.6 is 22.9 Å². The highest BCUT2D eigenvalue weighted by atomic mass is 35.5. The van der Waals surface area contributed by atoms with Crippen LogP contribution < -0.4 is 10.1 Å². The second kappa shape index (κ2) is 10.1. The Morgan fingerprint density at radius 3 is 2.74 bits per heavy atom. The molecule has 1 aliphatic heterocycles. The SMILES string of the molecule is CNC(=O)c1ccc(C2c3c(nc4sc(C)nn34)CCN2C(=O)COc2ccc(C(=O)N(C)C)nc2Cl)o1. The molecule has 4 aromatic heterocycles.